The molecule has 0 saturated carbocycles. The van der Waals surface area contributed by atoms with E-state index in [9.17, 15) is 0 Å². The summed E-state index contributed by atoms with van der Waals surface area (Å²) >= 11 is 1.59. The minimum atomic E-state index is -0.643. The summed E-state index contributed by atoms with van der Waals surface area (Å²) < 4.78 is 5.67. The molecule has 6 nitrogen and oxygen atoms in total. The second kappa shape index (κ2) is 6.03. The van der Waals surface area contributed by atoms with Gasteiger partial charge in [0, 0.05) is 17.8 Å². The van der Waals surface area contributed by atoms with Gasteiger partial charge in [-0.05, 0) is 6.92 Å². The van der Waals surface area contributed by atoms with Crippen LogP contribution in [-0.4, -0.2) is 15.0 Å². The van der Waals surface area contributed by atoms with Gasteiger partial charge in [-0.1, -0.05) is 30.3 Å². The molecule has 3 heterocycles. The number of thiazole rings is 1. The SMILES string of the molecule is C[C@]1(c2cnc(-c3ccccc3)s2)C=C(Oc2cncnc2)NO1. The fourth-order valence-corrected chi connectivity index (χ4v) is 3.30. The summed E-state index contributed by atoms with van der Waals surface area (Å²) in [6, 6.07) is 10.1. The normalized spacial score (nSPS) is 19.6. The Morgan fingerprint density at radius 2 is 1.92 bits per heavy atom. The molecule has 4 rings (SSSR count). The van der Waals surface area contributed by atoms with Crippen LogP contribution in [0, 0.1) is 0 Å². The predicted molar refractivity (Wildman–Crippen MR) is 89.9 cm³/mol. The van der Waals surface area contributed by atoms with E-state index in [1.54, 1.807) is 23.7 Å². The highest BCUT2D eigenvalue weighted by Crippen LogP contribution is 2.37. The summed E-state index contributed by atoms with van der Waals surface area (Å²) in [5, 5.41) is 0.953. The summed E-state index contributed by atoms with van der Waals surface area (Å²) in [5.41, 5.74) is 3.25. The molecule has 2 aromatic heterocycles. The largest absolute Gasteiger partial charge is 0.436 e. The number of aromatic nitrogens is 3. The van der Waals surface area contributed by atoms with Crippen LogP contribution in [0.1, 0.15) is 11.8 Å². The molecule has 0 amide bonds. The lowest BCUT2D eigenvalue weighted by atomic mass is 10.1. The van der Waals surface area contributed by atoms with Gasteiger partial charge in [0.2, 0.25) is 5.88 Å². The lowest BCUT2D eigenvalue weighted by molar-refractivity contribution is -0.0381. The topological polar surface area (TPSA) is 69.2 Å². The molecule has 7 heteroatoms. The third kappa shape index (κ3) is 2.86. The summed E-state index contributed by atoms with van der Waals surface area (Å²) in [6.07, 6.45) is 8.34. The van der Waals surface area contributed by atoms with Crippen LogP contribution in [-0.2, 0) is 10.4 Å². The number of hydrogen-bond donors (Lipinski definition) is 1. The Morgan fingerprint density at radius 1 is 1.12 bits per heavy atom. The number of ether oxygens (including phenoxy) is 1. The maximum Gasteiger partial charge on any atom is 0.216 e. The van der Waals surface area contributed by atoms with Gasteiger partial charge in [0.25, 0.3) is 0 Å². The number of rotatable bonds is 4. The van der Waals surface area contributed by atoms with Crippen molar-refractivity contribution in [3.63, 3.8) is 0 Å². The fourth-order valence-electron chi connectivity index (χ4n) is 2.32. The van der Waals surface area contributed by atoms with Gasteiger partial charge in [-0.15, -0.1) is 11.3 Å². The van der Waals surface area contributed by atoms with Gasteiger partial charge >= 0.3 is 0 Å². The van der Waals surface area contributed by atoms with Gasteiger partial charge in [0.05, 0.1) is 17.3 Å². The molecule has 24 heavy (non-hydrogen) atoms. The van der Waals surface area contributed by atoms with Crippen molar-refractivity contribution in [2.45, 2.75) is 12.5 Å². The third-order valence-corrected chi connectivity index (χ3v) is 4.82. The minimum Gasteiger partial charge on any atom is -0.436 e. The van der Waals surface area contributed by atoms with E-state index in [2.05, 4.69) is 20.4 Å². The Balaban J connectivity index is 1.57. The molecular weight excluding hydrogens is 324 g/mol. The monoisotopic (exact) mass is 338 g/mol. The first-order valence-electron chi connectivity index (χ1n) is 7.34. The predicted octanol–water partition coefficient (Wildman–Crippen LogP) is 3.27. The Labute approximate surface area is 142 Å². The highest BCUT2D eigenvalue weighted by Gasteiger charge is 2.35. The number of hydrogen-bond acceptors (Lipinski definition) is 7. The molecule has 120 valence electrons. The van der Waals surface area contributed by atoms with Gasteiger partial charge in [-0.25, -0.2) is 20.4 Å². The van der Waals surface area contributed by atoms with Crippen molar-refractivity contribution >= 4 is 11.3 Å². The van der Waals surface area contributed by atoms with E-state index in [1.165, 1.54) is 6.33 Å². The van der Waals surface area contributed by atoms with Crippen LogP contribution in [0.15, 0.2) is 67.2 Å². The van der Waals surface area contributed by atoms with Crippen LogP contribution < -0.4 is 10.2 Å². The van der Waals surface area contributed by atoms with Crippen molar-refractivity contribution in [3.05, 3.63) is 72.1 Å². The van der Waals surface area contributed by atoms with Crippen molar-refractivity contribution in [2.75, 3.05) is 0 Å². The molecule has 0 spiro atoms. The molecule has 0 saturated heterocycles. The highest BCUT2D eigenvalue weighted by molar-refractivity contribution is 7.15. The molecule has 1 N–H and O–H groups in total. The molecule has 0 radical (unpaired) electrons. The molecule has 1 atom stereocenters. The first-order chi connectivity index (χ1) is 11.7. The molecule has 1 aliphatic heterocycles. The van der Waals surface area contributed by atoms with E-state index in [4.69, 9.17) is 9.57 Å². The number of benzene rings is 1. The molecule has 0 unspecified atom stereocenters. The van der Waals surface area contributed by atoms with Crippen LogP contribution in [0.25, 0.3) is 10.6 Å². The van der Waals surface area contributed by atoms with E-state index in [0.29, 0.717) is 11.6 Å². The minimum absolute atomic E-state index is 0.502. The maximum atomic E-state index is 5.72. The summed E-state index contributed by atoms with van der Waals surface area (Å²) in [5.74, 6) is 1.04. The lowest BCUT2D eigenvalue weighted by Gasteiger charge is -2.16. The molecule has 3 aromatic rings. The van der Waals surface area contributed by atoms with Crippen LogP contribution in [0.3, 0.4) is 0 Å². The standard InChI is InChI=1S/C17H14N4O2S/c1-17(7-15(21-23-17)22-13-8-18-11-19-9-13)14-10-20-16(24-14)12-5-3-2-4-6-12/h2-11,21H,1H3/t17-/m1/s1. The zero-order valence-corrected chi connectivity index (χ0v) is 13.7. The van der Waals surface area contributed by atoms with Crippen LogP contribution in [0.4, 0.5) is 0 Å². The molecule has 0 fully saturated rings. The summed E-state index contributed by atoms with van der Waals surface area (Å²) in [4.78, 5) is 19.0. The second-order valence-electron chi connectivity index (χ2n) is 5.39. The third-order valence-electron chi connectivity index (χ3n) is 3.55. The number of hydroxylamine groups is 1. The average Bonchev–Trinajstić information content (AvgIpc) is 3.25. The Bertz CT molecular complexity index is 867. The van der Waals surface area contributed by atoms with Gasteiger partial charge in [-0.2, -0.15) is 0 Å². The highest BCUT2D eigenvalue weighted by atomic mass is 32.1. The molecule has 1 aliphatic rings. The van der Waals surface area contributed by atoms with E-state index in [1.807, 2.05) is 49.5 Å². The quantitative estimate of drug-likeness (QED) is 0.787. The summed E-state index contributed by atoms with van der Waals surface area (Å²) in [6.45, 7) is 1.96. The van der Waals surface area contributed by atoms with Crippen molar-refractivity contribution in [1.29, 1.82) is 0 Å². The average molecular weight is 338 g/mol. The number of nitrogens with zero attached hydrogens (tertiary/aromatic N) is 3. The maximum absolute atomic E-state index is 5.72. The van der Waals surface area contributed by atoms with Gasteiger partial charge in [0.1, 0.15) is 11.3 Å². The zero-order chi connectivity index (χ0) is 16.4. The van der Waals surface area contributed by atoms with Gasteiger partial charge < -0.3 is 4.74 Å². The number of nitrogens with one attached hydrogen (secondary N) is 1. The first-order valence-corrected chi connectivity index (χ1v) is 8.16. The van der Waals surface area contributed by atoms with Crippen LogP contribution in [0.5, 0.6) is 5.75 Å². The zero-order valence-electron chi connectivity index (χ0n) is 12.8. The summed E-state index contributed by atoms with van der Waals surface area (Å²) in [7, 11) is 0. The van der Waals surface area contributed by atoms with Crippen molar-refractivity contribution < 1.29 is 9.57 Å². The van der Waals surface area contributed by atoms with Crippen molar-refractivity contribution in [1.82, 2.24) is 20.4 Å². The Morgan fingerprint density at radius 3 is 2.71 bits per heavy atom. The van der Waals surface area contributed by atoms with E-state index < -0.39 is 5.60 Å². The lowest BCUT2D eigenvalue weighted by Crippen LogP contribution is -2.22. The van der Waals surface area contributed by atoms with Gasteiger partial charge in [0.15, 0.2) is 11.4 Å². The fraction of sp³-hybridized carbons (Fsp3) is 0.118. The van der Waals surface area contributed by atoms with Crippen molar-refractivity contribution in [2.24, 2.45) is 0 Å². The molecule has 0 bridgehead atoms. The molecule has 0 aliphatic carbocycles. The smallest absolute Gasteiger partial charge is 0.216 e. The van der Waals surface area contributed by atoms with Crippen molar-refractivity contribution in [3.8, 4) is 16.3 Å². The Kier molecular flexibility index (Phi) is 3.72. The first kappa shape index (κ1) is 14.8. The molecule has 1 aromatic carbocycles. The van der Waals surface area contributed by atoms with E-state index >= 15 is 0 Å². The van der Waals surface area contributed by atoms with E-state index in [-0.39, 0.29) is 0 Å². The Hall–Kier alpha value is -2.77. The second-order valence-corrected chi connectivity index (χ2v) is 6.42. The van der Waals surface area contributed by atoms with Crippen LogP contribution in [0.2, 0.25) is 0 Å². The van der Waals surface area contributed by atoms with Gasteiger partial charge in [-0.3, -0.25) is 4.84 Å². The van der Waals surface area contributed by atoms with Crippen LogP contribution >= 0.6 is 11.3 Å². The molecular formula is C17H14N4O2S. The van der Waals surface area contributed by atoms with E-state index in [0.717, 1.165) is 15.4 Å².